The lowest BCUT2D eigenvalue weighted by atomic mass is 9.97. The minimum Gasteiger partial charge on any atom is -0.394 e. The molecule has 36 heavy (non-hydrogen) atoms. The summed E-state index contributed by atoms with van der Waals surface area (Å²) in [4.78, 5) is 14.8. The topological polar surface area (TPSA) is 82.8 Å². The van der Waals surface area contributed by atoms with Crippen LogP contribution in [0.1, 0.15) is 24.8 Å². The molecule has 0 bridgehead atoms. The Morgan fingerprint density at radius 3 is 2.33 bits per heavy atom. The smallest absolute Gasteiger partial charge is 0.394 e. The summed E-state index contributed by atoms with van der Waals surface area (Å²) in [5.74, 6) is 0.0894. The fourth-order valence-electron chi connectivity index (χ4n) is 4.04. The van der Waals surface area contributed by atoms with Crippen LogP contribution in [0.2, 0.25) is 0 Å². The van der Waals surface area contributed by atoms with Crippen LogP contribution in [-0.2, 0) is 14.3 Å². The summed E-state index contributed by atoms with van der Waals surface area (Å²) < 4.78 is 52.5. The van der Waals surface area contributed by atoms with Gasteiger partial charge < -0.3 is 19.5 Å². The number of piperidine rings is 1. The largest absolute Gasteiger partial charge is 0.418 e. The van der Waals surface area contributed by atoms with Gasteiger partial charge in [-0.1, -0.05) is 30.0 Å². The van der Waals surface area contributed by atoms with Gasteiger partial charge in [0.2, 0.25) is 5.12 Å². The van der Waals surface area contributed by atoms with E-state index in [4.69, 9.17) is 14.6 Å². The van der Waals surface area contributed by atoms with Crippen LogP contribution >= 0.6 is 11.8 Å². The standard InChI is InChI=1S/C26H29F3N2O4S/c27-26(28,29)24(23(18-30)25(33)36-15-14-35-13-12-34-11-10-32)21-5-4-20-17-22(7-6-19(20)16-21)31-8-2-1-3-9-31/h4-7,16-17,32H,1-3,8-15H2/b24-23-. The first-order chi connectivity index (χ1) is 17.3. The Morgan fingerprint density at radius 2 is 1.67 bits per heavy atom. The molecular weight excluding hydrogens is 493 g/mol. The fourth-order valence-corrected chi connectivity index (χ4v) is 4.72. The molecule has 0 spiro atoms. The number of nitriles is 1. The number of anilines is 1. The highest BCUT2D eigenvalue weighted by Gasteiger charge is 2.39. The number of alkyl halides is 3. The van der Waals surface area contributed by atoms with Crippen LogP contribution in [0.15, 0.2) is 42.0 Å². The highest BCUT2D eigenvalue weighted by Crippen LogP contribution is 2.39. The molecule has 1 fully saturated rings. The van der Waals surface area contributed by atoms with Crippen molar-refractivity contribution < 1.29 is 32.5 Å². The van der Waals surface area contributed by atoms with Crippen LogP contribution in [0.3, 0.4) is 0 Å². The van der Waals surface area contributed by atoms with Gasteiger partial charge in [-0.15, -0.1) is 0 Å². The first kappa shape index (κ1) is 28.0. The number of hydrogen-bond acceptors (Lipinski definition) is 7. The van der Waals surface area contributed by atoms with E-state index in [9.17, 15) is 23.2 Å². The molecule has 194 valence electrons. The van der Waals surface area contributed by atoms with Crippen molar-refractivity contribution in [1.29, 1.82) is 5.26 Å². The molecule has 1 aliphatic heterocycles. The Kier molecular flexibility index (Phi) is 10.6. The van der Waals surface area contributed by atoms with Crippen molar-refractivity contribution in [3.8, 4) is 6.07 Å². The Morgan fingerprint density at radius 1 is 1.00 bits per heavy atom. The number of nitrogens with zero attached hydrogens (tertiary/aromatic N) is 2. The van der Waals surface area contributed by atoms with E-state index in [1.807, 2.05) is 12.1 Å². The average molecular weight is 523 g/mol. The molecule has 0 amide bonds. The van der Waals surface area contributed by atoms with Gasteiger partial charge in [-0.05, 0) is 53.8 Å². The molecule has 1 aliphatic rings. The quantitative estimate of drug-likeness (QED) is 0.254. The third kappa shape index (κ3) is 7.71. The molecule has 3 rings (SSSR count). The SMILES string of the molecule is N#C/C(C(=O)SCCOCCOCCO)=C(\c1ccc2cc(N3CCCCC3)ccc2c1)C(F)(F)F. The number of thioether (sulfide) groups is 1. The van der Waals surface area contributed by atoms with Gasteiger partial charge in [0, 0.05) is 24.5 Å². The normalized spacial score (nSPS) is 15.0. The number of carbonyl (C=O) groups excluding carboxylic acids is 1. The van der Waals surface area contributed by atoms with Crippen molar-refractivity contribution in [3.63, 3.8) is 0 Å². The summed E-state index contributed by atoms with van der Waals surface area (Å²) in [7, 11) is 0. The Bertz CT molecular complexity index is 1110. The highest BCUT2D eigenvalue weighted by atomic mass is 32.2. The predicted octanol–water partition coefficient (Wildman–Crippen LogP) is 4.95. The Labute approximate surface area is 212 Å². The lowest BCUT2D eigenvalue weighted by molar-refractivity contribution is -0.108. The minimum atomic E-state index is -4.89. The van der Waals surface area contributed by atoms with Crippen LogP contribution in [-0.4, -0.2) is 68.3 Å². The number of benzene rings is 2. The molecule has 1 saturated heterocycles. The van der Waals surface area contributed by atoms with Crippen molar-refractivity contribution >= 4 is 38.9 Å². The molecular formula is C26H29F3N2O4S. The van der Waals surface area contributed by atoms with E-state index in [0.717, 1.165) is 37.0 Å². The van der Waals surface area contributed by atoms with Gasteiger partial charge in [0.1, 0.15) is 11.6 Å². The van der Waals surface area contributed by atoms with Gasteiger partial charge in [0.05, 0.1) is 38.6 Å². The molecule has 0 aromatic heterocycles. The summed E-state index contributed by atoms with van der Waals surface area (Å²) >= 11 is 0.607. The third-order valence-corrected chi connectivity index (χ3v) is 6.59. The minimum absolute atomic E-state index is 0.0894. The Hall–Kier alpha value is -2.58. The monoisotopic (exact) mass is 522 g/mol. The van der Waals surface area contributed by atoms with Gasteiger partial charge in [0.15, 0.2) is 0 Å². The van der Waals surface area contributed by atoms with Crippen LogP contribution in [0.25, 0.3) is 16.3 Å². The summed E-state index contributed by atoms with van der Waals surface area (Å²) in [6.45, 7) is 2.57. The fraction of sp³-hybridized carbons (Fsp3) is 0.462. The average Bonchev–Trinajstić information content (AvgIpc) is 2.87. The number of aliphatic hydroxyl groups excluding tert-OH is 1. The molecule has 6 nitrogen and oxygen atoms in total. The van der Waals surface area contributed by atoms with Gasteiger partial charge in [0.25, 0.3) is 0 Å². The van der Waals surface area contributed by atoms with Crippen molar-refractivity contribution in [2.75, 3.05) is 56.8 Å². The second kappa shape index (κ2) is 13.7. The van der Waals surface area contributed by atoms with Gasteiger partial charge >= 0.3 is 6.18 Å². The van der Waals surface area contributed by atoms with E-state index in [-0.39, 0.29) is 44.4 Å². The summed E-state index contributed by atoms with van der Waals surface area (Å²) in [5.41, 5.74) is -1.34. The lowest BCUT2D eigenvalue weighted by Crippen LogP contribution is -2.29. The van der Waals surface area contributed by atoms with Crippen LogP contribution in [0.5, 0.6) is 0 Å². The maximum atomic E-state index is 14.1. The maximum Gasteiger partial charge on any atom is 0.418 e. The maximum absolute atomic E-state index is 14.1. The molecule has 2 aromatic carbocycles. The van der Waals surface area contributed by atoms with E-state index < -0.39 is 22.4 Å². The molecule has 0 radical (unpaired) electrons. The molecule has 1 heterocycles. The van der Waals surface area contributed by atoms with E-state index in [2.05, 4.69) is 4.90 Å². The van der Waals surface area contributed by atoms with E-state index in [1.54, 1.807) is 12.1 Å². The van der Waals surface area contributed by atoms with E-state index in [1.165, 1.54) is 24.6 Å². The van der Waals surface area contributed by atoms with Gasteiger partial charge in [-0.2, -0.15) is 18.4 Å². The molecule has 1 N–H and O–H groups in total. The van der Waals surface area contributed by atoms with E-state index in [0.29, 0.717) is 17.1 Å². The van der Waals surface area contributed by atoms with Crippen LogP contribution in [0, 0.1) is 11.3 Å². The van der Waals surface area contributed by atoms with Crippen LogP contribution < -0.4 is 4.90 Å². The number of aliphatic hydroxyl groups is 1. The summed E-state index contributed by atoms with van der Waals surface area (Å²) in [5, 5.41) is 18.6. The Balaban J connectivity index is 1.76. The third-order valence-electron chi connectivity index (χ3n) is 5.75. The van der Waals surface area contributed by atoms with E-state index >= 15 is 0 Å². The molecule has 10 heteroatoms. The zero-order valence-electron chi connectivity index (χ0n) is 19.9. The van der Waals surface area contributed by atoms with Crippen molar-refractivity contribution in [2.45, 2.75) is 25.4 Å². The number of ether oxygens (including phenoxy) is 2. The van der Waals surface area contributed by atoms with Crippen molar-refractivity contribution in [1.82, 2.24) is 0 Å². The van der Waals surface area contributed by atoms with Crippen molar-refractivity contribution in [3.05, 3.63) is 47.5 Å². The first-order valence-corrected chi connectivity index (χ1v) is 12.8. The predicted molar refractivity (Wildman–Crippen MR) is 135 cm³/mol. The zero-order chi connectivity index (χ0) is 26.0. The number of hydrogen-bond donors (Lipinski definition) is 1. The summed E-state index contributed by atoms with van der Waals surface area (Å²) in [6, 6.07) is 11.4. The number of halogens is 3. The molecule has 0 aliphatic carbocycles. The summed E-state index contributed by atoms with van der Waals surface area (Å²) in [6.07, 6.45) is -1.45. The highest BCUT2D eigenvalue weighted by molar-refractivity contribution is 8.14. The number of carbonyl (C=O) groups is 1. The second-order valence-corrected chi connectivity index (χ2v) is 9.31. The van der Waals surface area contributed by atoms with Crippen LogP contribution in [0.4, 0.5) is 18.9 Å². The zero-order valence-corrected chi connectivity index (χ0v) is 20.7. The number of rotatable bonds is 11. The van der Waals surface area contributed by atoms with Crippen molar-refractivity contribution in [2.24, 2.45) is 0 Å². The van der Waals surface area contributed by atoms with Gasteiger partial charge in [-0.3, -0.25) is 4.79 Å². The first-order valence-electron chi connectivity index (χ1n) is 11.8. The second-order valence-electron chi connectivity index (χ2n) is 8.24. The number of allylic oxidation sites excluding steroid dienone is 1. The van der Waals surface area contributed by atoms with Gasteiger partial charge in [-0.25, -0.2) is 0 Å². The lowest BCUT2D eigenvalue weighted by Gasteiger charge is -2.29. The molecule has 0 unspecified atom stereocenters. The molecule has 0 atom stereocenters. The molecule has 2 aromatic rings. The number of fused-ring (bicyclic) bond motifs is 1. The molecule has 0 saturated carbocycles.